The molecule has 19 heavy (non-hydrogen) atoms. The van der Waals surface area contributed by atoms with Crippen LogP contribution in [-0.4, -0.2) is 0 Å². The molecular weight excluding hydrogens is 228 g/mol. The highest BCUT2D eigenvalue weighted by molar-refractivity contribution is 5.51. The normalized spacial score (nSPS) is 9.63. The molecule has 0 unspecified atom stereocenters. The van der Waals surface area contributed by atoms with Gasteiger partial charge in [-0.1, -0.05) is 84.5 Å². The molecule has 0 N–H and O–H groups in total. The smallest absolute Gasteiger partial charge is 0.0257 e. The molecule has 0 aliphatic carbocycles. The summed E-state index contributed by atoms with van der Waals surface area (Å²) >= 11 is 0. The molecule has 2 aromatic rings. The predicted molar refractivity (Wildman–Crippen MR) is 86.9 cm³/mol. The average molecular weight is 250 g/mol. The van der Waals surface area contributed by atoms with Crippen LogP contribution in [0.1, 0.15) is 31.9 Å². The van der Waals surface area contributed by atoms with E-state index in [4.69, 9.17) is 0 Å². The van der Waals surface area contributed by atoms with Crippen molar-refractivity contribution in [1.82, 2.24) is 0 Å². The Balaban J connectivity index is 0.000000191. The summed E-state index contributed by atoms with van der Waals surface area (Å²) < 4.78 is 0. The minimum absolute atomic E-state index is 1.26. The summed E-state index contributed by atoms with van der Waals surface area (Å²) in [6, 6.07) is 20.6. The van der Waals surface area contributed by atoms with Crippen molar-refractivity contribution in [2.45, 2.75) is 20.8 Å². The van der Waals surface area contributed by atoms with Crippen molar-refractivity contribution in [2.24, 2.45) is 0 Å². The first-order chi connectivity index (χ1) is 9.22. The monoisotopic (exact) mass is 250 g/mol. The first-order valence-electron chi connectivity index (χ1n) is 6.60. The third kappa shape index (κ3) is 7.05. The third-order valence-electron chi connectivity index (χ3n) is 2.41. The Morgan fingerprint density at radius 1 is 0.737 bits per heavy atom. The van der Waals surface area contributed by atoms with Crippen molar-refractivity contribution >= 4 is 12.2 Å². The molecule has 0 amide bonds. The largest absolute Gasteiger partial charge is 0.0871 e. The lowest BCUT2D eigenvalue weighted by atomic mass is 10.2. The van der Waals surface area contributed by atoms with Crippen LogP contribution in [0.2, 0.25) is 0 Å². The summed E-state index contributed by atoms with van der Waals surface area (Å²) in [5, 5.41) is 0. The molecule has 0 aromatic heterocycles. The van der Waals surface area contributed by atoms with Crippen LogP contribution in [-0.2, 0) is 0 Å². The first kappa shape index (κ1) is 15.0. The Morgan fingerprint density at radius 2 is 1.21 bits per heavy atom. The maximum absolute atomic E-state index is 2.17. The Bertz CT molecular complexity index is 500. The molecule has 0 saturated heterocycles. The number of hydrogen-bond acceptors (Lipinski definition) is 0. The summed E-state index contributed by atoms with van der Waals surface area (Å²) in [5.41, 5.74) is 3.88. The third-order valence-corrected chi connectivity index (χ3v) is 2.41. The van der Waals surface area contributed by atoms with Gasteiger partial charge in [0.1, 0.15) is 0 Å². The van der Waals surface area contributed by atoms with Crippen molar-refractivity contribution in [3.05, 3.63) is 83.4 Å². The molecule has 0 heteroatoms. The molecule has 98 valence electrons. The van der Waals surface area contributed by atoms with Crippen LogP contribution in [0, 0.1) is 0 Å². The summed E-state index contributed by atoms with van der Waals surface area (Å²) in [7, 11) is 0. The Morgan fingerprint density at radius 3 is 1.63 bits per heavy atom. The van der Waals surface area contributed by atoms with Gasteiger partial charge in [0.2, 0.25) is 0 Å². The molecule has 0 aliphatic rings. The van der Waals surface area contributed by atoms with Crippen LogP contribution in [0.15, 0.2) is 72.3 Å². The van der Waals surface area contributed by atoms with E-state index < -0.39 is 0 Å². The van der Waals surface area contributed by atoms with Crippen molar-refractivity contribution in [1.29, 1.82) is 0 Å². The van der Waals surface area contributed by atoms with E-state index in [2.05, 4.69) is 62.4 Å². The second kappa shape index (κ2) is 8.93. The Labute approximate surface area is 117 Å². The van der Waals surface area contributed by atoms with Crippen molar-refractivity contribution in [3.8, 4) is 0 Å². The van der Waals surface area contributed by atoms with Crippen molar-refractivity contribution in [2.75, 3.05) is 0 Å². The van der Waals surface area contributed by atoms with Crippen LogP contribution >= 0.6 is 0 Å². The molecule has 0 radical (unpaired) electrons. The second-order valence-electron chi connectivity index (χ2n) is 4.54. The van der Waals surface area contributed by atoms with Crippen LogP contribution in [0.3, 0.4) is 0 Å². The van der Waals surface area contributed by atoms with E-state index in [1.165, 1.54) is 16.7 Å². The molecule has 0 bridgehead atoms. The SMILES string of the molecule is CC(C)=Cc1ccccc1.CC=Cc1ccccc1. The van der Waals surface area contributed by atoms with Gasteiger partial charge >= 0.3 is 0 Å². The highest BCUT2D eigenvalue weighted by Crippen LogP contribution is 2.04. The minimum atomic E-state index is 1.26. The lowest BCUT2D eigenvalue weighted by Crippen LogP contribution is -1.69. The van der Waals surface area contributed by atoms with E-state index in [1.54, 1.807) is 0 Å². The summed E-state index contributed by atoms with van der Waals surface area (Å²) in [5.74, 6) is 0. The van der Waals surface area contributed by atoms with Gasteiger partial charge in [0.05, 0.1) is 0 Å². The fourth-order valence-electron chi connectivity index (χ4n) is 1.64. The zero-order chi connectivity index (χ0) is 13.9. The molecule has 0 fully saturated rings. The lowest BCUT2D eigenvalue weighted by molar-refractivity contribution is 1.42. The molecule has 0 atom stereocenters. The highest BCUT2D eigenvalue weighted by atomic mass is 13.9. The highest BCUT2D eigenvalue weighted by Gasteiger charge is 1.82. The molecule has 0 nitrogen and oxygen atoms in total. The van der Waals surface area contributed by atoms with Gasteiger partial charge in [-0.15, -0.1) is 0 Å². The Kier molecular flexibility index (Phi) is 7.04. The topological polar surface area (TPSA) is 0 Å². The summed E-state index contributed by atoms with van der Waals surface area (Å²) in [6.45, 7) is 6.23. The quantitative estimate of drug-likeness (QED) is 0.629. The van der Waals surface area contributed by atoms with Gasteiger partial charge in [-0.2, -0.15) is 0 Å². The second-order valence-corrected chi connectivity index (χ2v) is 4.54. The van der Waals surface area contributed by atoms with E-state index in [0.717, 1.165) is 0 Å². The van der Waals surface area contributed by atoms with Gasteiger partial charge in [-0.05, 0) is 31.9 Å². The van der Waals surface area contributed by atoms with Gasteiger partial charge in [0.25, 0.3) is 0 Å². The molecule has 0 aliphatic heterocycles. The predicted octanol–water partition coefficient (Wildman–Crippen LogP) is 5.83. The van der Waals surface area contributed by atoms with Gasteiger partial charge in [0, 0.05) is 0 Å². The van der Waals surface area contributed by atoms with E-state index >= 15 is 0 Å². The van der Waals surface area contributed by atoms with Crippen LogP contribution in [0.5, 0.6) is 0 Å². The molecule has 2 aromatic carbocycles. The first-order valence-corrected chi connectivity index (χ1v) is 6.60. The fourth-order valence-corrected chi connectivity index (χ4v) is 1.64. The molecular formula is C19H22. The lowest BCUT2D eigenvalue weighted by Gasteiger charge is -1.91. The standard InChI is InChI=1S/C10H12.C9H10/c1-9(2)8-10-6-4-3-5-7-10;1-2-6-9-7-4-3-5-8-9/h3-8H,1-2H3;2-8H,1H3. The van der Waals surface area contributed by atoms with Crippen LogP contribution < -0.4 is 0 Å². The zero-order valence-corrected chi connectivity index (χ0v) is 12.0. The van der Waals surface area contributed by atoms with Gasteiger partial charge < -0.3 is 0 Å². The van der Waals surface area contributed by atoms with E-state index in [0.29, 0.717) is 0 Å². The molecule has 0 spiro atoms. The number of hydrogen-bond donors (Lipinski definition) is 0. The van der Waals surface area contributed by atoms with Crippen molar-refractivity contribution in [3.63, 3.8) is 0 Å². The van der Waals surface area contributed by atoms with Gasteiger partial charge in [0.15, 0.2) is 0 Å². The number of benzene rings is 2. The number of allylic oxidation sites excluding steroid dienone is 2. The van der Waals surface area contributed by atoms with Gasteiger partial charge in [-0.3, -0.25) is 0 Å². The van der Waals surface area contributed by atoms with Gasteiger partial charge in [-0.25, -0.2) is 0 Å². The average Bonchev–Trinajstić information content (AvgIpc) is 2.41. The van der Waals surface area contributed by atoms with E-state index in [9.17, 15) is 0 Å². The van der Waals surface area contributed by atoms with Crippen molar-refractivity contribution < 1.29 is 0 Å². The molecule has 2 rings (SSSR count). The fraction of sp³-hybridized carbons (Fsp3) is 0.158. The minimum Gasteiger partial charge on any atom is -0.0871 e. The van der Waals surface area contributed by atoms with Crippen LogP contribution in [0.4, 0.5) is 0 Å². The molecule has 0 heterocycles. The van der Waals surface area contributed by atoms with E-state index in [-0.39, 0.29) is 0 Å². The maximum Gasteiger partial charge on any atom is -0.0257 e. The van der Waals surface area contributed by atoms with Crippen LogP contribution in [0.25, 0.3) is 12.2 Å². The maximum atomic E-state index is 2.17. The summed E-state index contributed by atoms with van der Waals surface area (Å²) in [6.07, 6.45) is 6.29. The van der Waals surface area contributed by atoms with E-state index in [1.807, 2.05) is 37.3 Å². The molecule has 0 saturated carbocycles. The zero-order valence-electron chi connectivity index (χ0n) is 12.0. The Hall–Kier alpha value is -2.08. The summed E-state index contributed by atoms with van der Waals surface area (Å²) in [4.78, 5) is 0. The number of rotatable bonds is 2.